The van der Waals surface area contributed by atoms with Crippen LogP contribution in [0.3, 0.4) is 0 Å². The normalized spacial score (nSPS) is 11.0. The lowest BCUT2D eigenvalue weighted by molar-refractivity contribution is -0.0974. The van der Waals surface area contributed by atoms with Crippen LogP contribution in [-0.2, 0) is 9.47 Å². The molecular weight excluding hydrogens is 386 g/mol. The Labute approximate surface area is 163 Å². The van der Waals surface area contributed by atoms with Crippen molar-refractivity contribution in [2.75, 3.05) is 32.2 Å². The van der Waals surface area contributed by atoms with Crippen LogP contribution in [0, 0.1) is 11.3 Å². The highest BCUT2D eigenvalue weighted by Crippen LogP contribution is 2.42. The van der Waals surface area contributed by atoms with E-state index in [0.29, 0.717) is 20.7 Å². The molecule has 0 aliphatic heterocycles. The van der Waals surface area contributed by atoms with Gasteiger partial charge in [-0.15, -0.1) is 11.3 Å². The Morgan fingerprint density at radius 3 is 2.74 bits per heavy atom. The summed E-state index contributed by atoms with van der Waals surface area (Å²) < 4.78 is 10.1. The zero-order valence-corrected chi connectivity index (χ0v) is 16.2. The van der Waals surface area contributed by atoms with Gasteiger partial charge in [0.25, 0.3) is 5.91 Å². The molecule has 0 aromatic carbocycles. The largest absolute Gasteiger partial charge is 0.397 e. The summed E-state index contributed by atoms with van der Waals surface area (Å²) in [5.74, 6) is -0.263. The first-order valence-electron chi connectivity index (χ1n) is 7.79. The molecule has 0 unspecified atom stereocenters. The first-order chi connectivity index (χ1) is 13.0. The molecule has 140 valence electrons. The van der Waals surface area contributed by atoms with Crippen LogP contribution in [0.1, 0.15) is 15.2 Å². The van der Waals surface area contributed by atoms with Crippen molar-refractivity contribution in [2.45, 2.75) is 6.29 Å². The molecule has 3 heterocycles. The van der Waals surface area contributed by atoms with Crippen LogP contribution < -0.4 is 16.8 Å². The van der Waals surface area contributed by atoms with Crippen molar-refractivity contribution in [1.82, 2.24) is 10.3 Å². The van der Waals surface area contributed by atoms with E-state index < -0.39 is 6.29 Å². The maximum absolute atomic E-state index is 12.6. The molecule has 3 aromatic heterocycles. The topological polar surface area (TPSA) is 136 Å². The maximum atomic E-state index is 12.6. The van der Waals surface area contributed by atoms with Gasteiger partial charge >= 0.3 is 0 Å². The number of amides is 1. The fourth-order valence-corrected chi connectivity index (χ4v) is 4.34. The van der Waals surface area contributed by atoms with Crippen molar-refractivity contribution >= 4 is 50.3 Å². The summed E-state index contributed by atoms with van der Waals surface area (Å²) in [5, 5.41) is 16.6. The number of carbonyl (C=O) groups is 1. The second kappa shape index (κ2) is 7.89. The van der Waals surface area contributed by atoms with Crippen molar-refractivity contribution in [1.29, 1.82) is 5.26 Å². The highest BCUT2D eigenvalue weighted by atomic mass is 32.1. The molecule has 3 rings (SSSR count). The number of carbonyl (C=O) groups excluding carboxylic acids is 1. The molecule has 0 aliphatic rings. The predicted octanol–water partition coefficient (Wildman–Crippen LogP) is 2.41. The Balaban J connectivity index is 2.11. The number of thiophene rings is 2. The molecule has 8 nitrogen and oxygen atoms in total. The van der Waals surface area contributed by atoms with Gasteiger partial charge in [-0.25, -0.2) is 4.98 Å². The van der Waals surface area contributed by atoms with Gasteiger partial charge in [0.1, 0.15) is 27.2 Å². The summed E-state index contributed by atoms with van der Waals surface area (Å²) in [6.45, 7) is 0.163. The van der Waals surface area contributed by atoms with Gasteiger partial charge in [-0.1, -0.05) is 0 Å². The number of nitrogen functional groups attached to an aromatic ring is 2. The highest BCUT2D eigenvalue weighted by Gasteiger charge is 2.24. The quantitative estimate of drug-likeness (QED) is 0.538. The number of pyridine rings is 1. The van der Waals surface area contributed by atoms with E-state index in [-0.39, 0.29) is 29.5 Å². The number of ether oxygens (including phenoxy) is 2. The van der Waals surface area contributed by atoms with Gasteiger partial charge in [-0.3, -0.25) is 4.79 Å². The third-order valence-corrected chi connectivity index (χ3v) is 5.77. The van der Waals surface area contributed by atoms with Gasteiger partial charge in [0, 0.05) is 25.2 Å². The van der Waals surface area contributed by atoms with Crippen molar-refractivity contribution in [3.05, 3.63) is 27.3 Å². The van der Waals surface area contributed by atoms with Crippen LogP contribution in [0.5, 0.6) is 0 Å². The van der Waals surface area contributed by atoms with E-state index in [0.717, 1.165) is 16.9 Å². The number of aromatic nitrogens is 1. The molecule has 3 aromatic rings. The van der Waals surface area contributed by atoms with E-state index in [1.54, 1.807) is 0 Å². The molecular formula is C17H17N5O3S2. The van der Waals surface area contributed by atoms with Crippen molar-refractivity contribution in [3.8, 4) is 17.2 Å². The number of hydrogen-bond acceptors (Lipinski definition) is 9. The van der Waals surface area contributed by atoms with Gasteiger partial charge < -0.3 is 26.3 Å². The zero-order valence-electron chi connectivity index (χ0n) is 14.6. The molecule has 0 saturated carbocycles. The SMILES string of the molecule is COC(CNC(=O)c1sc2nc(N)c(C#N)c(-c3ccsc3)c2c1N)OC. The highest BCUT2D eigenvalue weighted by molar-refractivity contribution is 7.21. The standard InChI is InChI=1S/C17H17N5O3S2/c1-24-10(25-2)6-21-16(23)14-13(19)12-11(8-3-4-26-7-8)9(5-18)15(20)22-17(12)27-14/h3-4,7,10H,6,19H2,1-2H3,(H2,20,22)(H,21,23). The van der Waals surface area contributed by atoms with E-state index >= 15 is 0 Å². The molecule has 0 fully saturated rings. The Kier molecular flexibility index (Phi) is 5.57. The van der Waals surface area contributed by atoms with E-state index in [1.165, 1.54) is 25.6 Å². The number of anilines is 2. The first kappa shape index (κ1) is 19.1. The molecule has 5 N–H and O–H groups in total. The third kappa shape index (κ3) is 3.45. The lowest BCUT2D eigenvalue weighted by Gasteiger charge is -2.13. The number of nitrogens with one attached hydrogen (secondary N) is 1. The Hall–Kier alpha value is -2.71. The molecule has 0 bridgehead atoms. The minimum absolute atomic E-state index is 0.109. The van der Waals surface area contributed by atoms with Gasteiger partial charge in [0.05, 0.1) is 12.2 Å². The number of hydrogen-bond donors (Lipinski definition) is 3. The molecule has 27 heavy (non-hydrogen) atoms. The smallest absolute Gasteiger partial charge is 0.263 e. The first-order valence-corrected chi connectivity index (χ1v) is 9.55. The number of nitrogens with zero attached hydrogens (tertiary/aromatic N) is 2. The lowest BCUT2D eigenvalue weighted by atomic mass is 9.99. The average molecular weight is 403 g/mol. The van der Waals surface area contributed by atoms with E-state index in [1.807, 2.05) is 16.8 Å². The van der Waals surface area contributed by atoms with Crippen LogP contribution in [-0.4, -0.2) is 37.9 Å². The van der Waals surface area contributed by atoms with Gasteiger partial charge in [-0.05, 0) is 22.4 Å². The Morgan fingerprint density at radius 1 is 1.41 bits per heavy atom. The van der Waals surface area contributed by atoms with E-state index in [4.69, 9.17) is 20.9 Å². The minimum Gasteiger partial charge on any atom is -0.397 e. The minimum atomic E-state index is -0.565. The monoisotopic (exact) mass is 403 g/mol. The van der Waals surface area contributed by atoms with Crippen molar-refractivity contribution < 1.29 is 14.3 Å². The van der Waals surface area contributed by atoms with Gasteiger partial charge in [-0.2, -0.15) is 16.6 Å². The molecule has 0 atom stereocenters. The molecule has 0 aliphatic carbocycles. The van der Waals surface area contributed by atoms with Gasteiger partial charge in [0.2, 0.25) is 0 Å². The Bertz CT molecular complexity index is 1020. The fourth-order valence-electron chi connectivity index (χ4n) is 2.67. The van der Waals surface area contributed by atoms with Crippen LogP contribution in [0.15, 0.2) is 16.8 Å². The van der Waals surface area contributed by atoms with E-state index in [2.05, 4.69) is 16.4 Å². The number of fused-ring (bicyclic) bond motifs is 1. The molecule has 10 heteroatoms. The molecule has 0 saturated heterocycles. The molecule has 0 spiro atoms. The van der Waals surface area contributed by atoms with Crippen LogP contribution in [0.4, 0.5) is 11.5 Å². The second-order valence-corrected chi connectivity index (χ2v) is 7.29. The zero-order chi connectivity index (χ0) is 19.6. The number of nitrogens with two attached hydrogens (primary N) is 2. The summed E-state index contributed by atoms with van der Waals surface area (Å²) in [7, 11) is 2.97. The number of nitriles is 1. The summed E-state index contributed by atoms with van der Waals surface area (Å²) >= 11 is 2.62. The summed E-state index contributed by atoms with van der Waals surface area (Å²) in [6, 6.07) is 3.97. The molecule has 1 amide bonds. The Morgan fingerprint density at radius 2 is 2.15 bits per heavy atom. The van der Waals surface area contributed by atoms with Crippen LogP contribution in [0.2, 0.25) is 0 Å². The van der Waals surface area contributed by atoms with Crippen molar-refractivity contribution in [3.63, 3.8) is 0 Å². The number of rotatable bonds is 6. The van der Waals surface area contributed by atoms with Gasteiger partial charge in [0.15, 0.2) is 6.29 Å². The lowest BCUT2D eigenvalue weighted by Crippen LogP contribution is -2.34. The van der Waals surface area contributed by atoms with E-state index in [9.17, 15) is 10.1 Å². The second-order valence-electron chi connectivity index (χ2n) is 5.51. The fraction of sp³-hybridized carbons (Fsp3) is 0.235. The average Bonchev–Trinajstić information content (AvgIpc) is 3.30. The third-order valence-electron chi connectivity index (χ3n) is 3.99. The maximum Gasteiger partial charge on any atom is 0.263 e. The molecule has 0 radical (unpaired) electrons. The predicted molar refractivity (Wildman–Crippen MR) is 107 cm³/mol. The summed E-state index contributed by atoms with van der Waals surface area (Å²) in [5.41, 5.74) is 14.2. The number of methoxy groups -OCH3 is 2. The van der Waals surface area contributed by atoms with Crippen molar-refractivity contribution in [2.24, 2.45) is 0 Å². The van der Waals surface area contributed by atoms with Crippen LogP contribution >= 0.6 is 22.7 Å². The van der Waals surface area contributed by atoms with Crippen LogP contribution in [0.25, 0.3) is 21.3 Å². The summed E-state index contributed by atoms with van der Waals surface area (Å²) in [6.07, 6.45) is -0.565. The summed E-state index contributed by atoms with van der Waals surface area (Å²) in [4.78, 5) is 17.7.